The van der Waals surface area contributed by atoms with Crippen molar-refractivity contribution in [2.45, 2.75) is 315 Å². The van der Waals surface area contributed by atoms with Crippen LogP contribution in [-0.4, -0.2) is 46.1 Å². The van der Waals surface area contributed by atoms with Gasteiger partial charge in [0.25, 0.3) is 0 Å². The van der Waals surface area contributed by atoms with Crippen molar-refractivity contribution < 1.29 is 20.1 Å². The van der Waals surface area contributed by atoms with Crippen LogP contribution in [0.3, 0.4) is 0 Å². The Morgan fingerprint density at radius 3 is 1.02 bits per heavy atom. The van der Waals surface area contributed by atoms with Crippen molar-refractivity contribution in [3.8, 4) is 0 Å². The van der Waals surface area contributed by atoms with Gasteiger partial charge in [0.1, 0.15) is 6.10 Å². The van der Waals surface area contributed by atoms with Crippen molar-refractivity contribution in [2.24, 2.45) is 0 Å². The number of hydrogen-bond donors (Lipinski definition) is 4. The number of carbonyl (C=O) groups excluding carboxylic acids is 1. The SMILES string of the molecule is CCCCCC/C=C/CC/C=C/CCCC(O)C(O)C(CO)NC(=O)CCCCCCCCCCCCCCCCCCCCCCCCCCCCCCCCCCC. The predicted molar refractivity (Wildman–Crippen MR) is 264 cm³/mol. The molecule has 0 aromatic heterocycles. The van der Waals surface area contributed by atoms with Crippen LogP contribution in [-0.2, 0) is 4.79 Å². The Morgan fingerprint density at radius 1 is 0.400 bits per heavy atom. The predicted octanol–water partition coefficient (Wildman–Crippen LogP) is 16.5. The van der Waals surface area contributed by atoms with Gasteiger partial charge >= 0.3 is 0 Å². The summed E-state index contributed by atoms with van der Waals surface area (Å²) >= 11 is 0. The van der Waals surface area contributed by atoms with Gasteiger partial charge in [-0.2, -0.15) is 0 Å². The van der Waals surface area contributed by atoms with Crippen LogP contribution in [0.25, 0.3) is 0 Å². The highest BCUT2D eigenvalue weighted by molar-refractivity contribution is 5.76. The molecule has 0 rings (SSSR count). The van der Waals surface area contributed by atoms with E-state index in [1.807, 2.05) is 0 Å². The minimum absolute atomic E-state index is 0.154. The minimum atomic E-state index is -1.16. The number of unbranched alkanes of at least 4 members (excludes halogenated alkanes) is 38. The van der Waals surface area contributed by atoms with Crippen LogP contribution in [0.15, 0.2) is 24.3 Å². The smallest absolute Gasteiger partial charge is 0.220 e. The molecule has 3 unspecified atom stereocenters. The summed E-state index contributed by atoms with van der Waals surface area (Å²) in [5.41, 5.74) is 0. The largest absolute Gasteiger partial charge is 0.394 e. The normalized spacial score (nSPS) is 13.5. The lowest BCUT2D eigenvalue weighted by Gasteiger charge is -2.26. The summed E-state index contributed by atoms with van der Waals surface area (Å²) in [4.78, 5) is 12.5. The number of nitrogens with one attached hydrogen (secondary N) is 1. The number of amides is 1. The van der Waals surface area contributed by atoms with Crippen LogP contribution in [0.1, 0.15) is 296 Å². The van der Waals surface area contributed by atoms with Crippen LogP contribution >= 0.6 is 0 Å². The number of hydrogen-bond acceptors (Lipinski definition) is 4. The third kappa shape index (κ3) is 44.9. The summed E-state index contributed by atoms with van der Waals surface area (Å²) in [5, 5.41) is 33.5. The molecular weight excluding hydrogens is 739 g/mol. The Kier molecular flexibility index (Phi) is 49.5. The lowest BCUT2D eigenvalue weighted by molar-refractivity contribution is -0.124. The van der Waals surface area contributed by atoms with E-state index in [-0.39, 0.29) is 12.5 Å². The summed E-state index contributed by atoms with van der Waals surface area (Å²) in [6.07, 6.45) is 63.5. The minimum Gasteiger partial charge on any atom is -0.394 e. The topological polar surface area (TPSA) is 89.8 Å². The van der Waals surface area contributed by atoms with Crippen LogP contribution in [0.4, 0.5) is 0 Å². The van der Waals surface area contributed by atoms with Crippen molar-refractivity contribution in [2.75, 3.05) is 6.61 Å². The van der Waals surface area contributed by atoms with Crippen molar-refractivity contribution in [3.05, 3.63) is 24.3 Å². The molecule has 1 amide bonds. The molecule has 0 aromatic rings. The van der Waals surface area contributed by atoms with E-state index in [0.717, 1.165) is 44.9 Å². The van der Waals surface area contributed by atoms with E-state index in [2.05, 4.69) is 43.5 Å². The van der Waals surface area contributed by atoms with Gasteiger partial charge in [0, 0.05) is 6.42 Å². The first-order valence-corrected chi connectivity index (χ1v) is 27.1. The summed E-state index contributed by atoms with van der Waals surface area (Å²) in [7, 11) is 0. The van der Waals surface area contributed by atoms with E-state index >= 15 is 0 Å². The number of allylic oxidation sites excluding steroid dienone is 4. The van der Waals surface area contributed by atoms with E-state index < -0.39 is 18.2 Å². The molecule has 60 heavy (non-hydrogen) atoms. The molecule has 5 heteroatoms. The summed E-state index contributed by atoms with van der Waals surface area (Å²) < 4.78 is 0. The van der Waals surface area contributed by atoms with Gasteiger partial charge in [0.05, 0.1) is 18.8 Å². The van der Waals surface area contributed by atoms with Gasteiger partial charge < -0.3 is 20.6 Å². The number of carbonyl (C=O) groups is 1. The van der Waals surface area contributed by atoms with Crippen LogP contribution < -0.4 is 5.32 Å². The van der Waals surface area contributed by atoms with Gasteiger partial charge in [0.2, 0.25) is 5.91 Å². The average molecular weight is 846 g/mol. The van der Waals surface area contributed by atoms with E-state index in [1.54, 1.807) is 0 Å². The molecule has 0 aliphatic rings. The zero-order valence-electron chi connectivity index (χ0n) is 40.6. The van der Waals surface area contributed by atoms with Gasteiger partial charge in [-0.25, -0.2) is 0 Å². The maximum absolute atomic E-state index is 12.5. The lowest BCUT2D eigenvalue weighted by Crippen LogP contribution is -2.50. The maximum Gasteiger partial charge on any atom is 0.220 e. The van der Waals surface area contributed by atoms with Gasteiger partial charge in [-0.05, 0) is 51.4 Å². The van der Waals surface area contributed by atoms with Crippen molar-refractivity contribution in [3.63, 3.8) is 0 Å². The second kappa shape index (κ2) is 50.5. The molecule has 5 nitrogen and oxygen atoms in total. The van der Waals surface area contributed by atoms with Gasteiger partial charge in [-0.1, -0.05) is 263 Å². The van der Waals surface area contributed by atoms with Crippen molar-refractivity contribution in [1.29, 1.82) is 0 Å². The summed E-state index contributed by atoms with van der Waals surface area (Å²) in [6, 6.07) is -0.829. The Hall–Kier alpha value is -1.17. The molecule has 0 heterocycles. The second-order valence-electron chi connectivity index (χ2n) is 18.8. The zero-order valence-corrected chi connectivity index (χ0v) is 40.6. The molecule has 0 aromatic carbocycles. The van der Waals surface area contributed by atoms with Gasteiger partial charge in [-0.3, -0.25) is 4.79 Å². The van der Waals surface area contributed by atoms with E-state index in [1.165, 1.54) is 225 Å². The first kappa shape index (κ1) is 58.8. The fourth-order valence-electron chi connectivity index (χ4n) is 8.59. The first-order valence-electron chi connectivity index (χ1n) is 27.1. The standard InChI is InChI=1S/C55H107NO4/c1-3-5-7-9-11-13-15-17-18-19-20-21-22-23-24-25-26-27-28-29-30-31-32-33-34-35-36-38-40-42-44-46-48-50-54(59)56-52(51-57)55(60)53(58)49-47-45-43-41-39-37-16-14-12-10-8-6-4-2/h14,16,41,43,52-53,55,57-58,60H,3-13,15,17-40,42,44-51H2,1-2H3,(H,56,59)/b16-14+,43-41+. The highest BCUT2D eigenvalue weighted by atomic mass is 16.3. The Morgan fingerprint density at radius 2 is 0.683 bits per heavy atom. The van der Waals surface area contributed by atoms with Gasteiger partial charge in [-0.15, -0.1) is 0 Å². The van der Waals surface area contributed by atoms with Crippen molar-refractivity contribution in [1.82, 2.24) is 5.32 Å². The Balaban J connectivity index is 3.46. The molecule has 0 saturated heterocycles. The molecule has 0 bridgehead atoms. The van der Waals surface area contributed by atoms with Crippen LogP contribution in [0.5, 0.6) is 0 Å². The van der Waals surface area contributed by atoms with Crippen LogP contribution in [0.2, 0.25) is 0 Å². The lowest BCUT2D eigenvalue weighted by atomic mass is 10.0. The maximum atomic E-state index is 12.5. The number of aliphatic hydroxyl groups is 3. The van der Waals surface area contributed by atoms with Crippen LogP contribution in [0, 0.1) is 0 Å². The van der Waals surface area contributed by atoms with E-state index in [9.17, 15) is 20.1 Å². The monoisotopic (exact) mass is 846 g/mol. The molecule has 0 aliphatic heterocycles. The Bertz CT molecular complexity index is 890. The molecule has 356 valence electrons. The van der Waals surface area contributed by atoms with E-state index in [4.69, 9.17) is 0 Å². The average Bonchev–Trinajstić information content (AvgIpc) is 3.25. The quantitative estimate of drug-likeness (QED) is 0.0363. The molecule has 4 N–H and O–H groups in total. The second-order valence-corrected chi connectivity index (χ2v) is 18.8. The van der Waals surface area contributed by atoms with Crippen molar-refractivity contribution >= 4 is 5.91 Å². The molecule has 0 fully saturated rings. The fourth-order valence-corrected chi connectivity index (χ4v) is 8.59. The summed E-state index contributed by atoms with van der Waals surface area (Å²) in [5.74, 6) is -0.154. The number of aliphatic hydroxyl groups excluding tert-OH is 3. The molecule has 0 spiro atoms. The fraction of sp³-hybridized carbons (Fsp3) is 0.909. The zero-order chi connectivity index (χ0) is 43.7. The number of rotatable bonds is 50. The third-order valence-electron chi connectivity index (χ3n) is 12.8. The first-order chi connectivity index (χ1) is 29.6. The highest BCUT2D eigenvalue weighted by Gasteiger charge is 2.26. The highest BCUT2D eigenvalue weighted by Crippen LogP contribution is 2.18. The molecule has 3 atom stereocenters. The van der Waals surface area contributed by atoms with E-state index in [0.29, 0.717) is 12.8 Å². The summed E-state index contributed by atoms with van der Waals surface area (Å²) in [6.45, 7) is 4.16. The molecule has 0 saturated carbocycles. The molecule has 0 radical (unpaired) electrons. The molecular formula is C55H107NO4. The van der Waals surface area contributed by atoms with Gasteiger partial charge in [0.15, 0.2) is 0 Å². The Labute approximate surface area is 375 Å². The third-order valence-corrected chi connectivity index (χ3v) is 12.8. The molecule has 0 aliphatic carbocycles.